The Bertz CT molecular complexity index is 201. The first-order valence-electron chi connectivity index (χ1n) is 6.63. The van der Waals surface area contributed by atoms with Crippen molar-refractivity contribution in [2.24, 2.45) is 5.92 Å². The molecule has 0 aromatic carbocycles. The zero-order valence-electron chi connectivity index (χ0n) is 10.0. The maximum Gasteiger partial charge on any atom is 0.0615 e. The Kier molecular flexibility index (Phi) is 3.68. The van der Waals surface area contributed by atoms with Gasteiger partial charge in [0, 0.05) is 5.54 Å². The number of hydrogen-bond donors (Lipinski definition) is 1. The van der Waals surface area contributed by atoms with Gasteiger partial charge in [0.2, 0.25) is 0 Å². The molecule has 88 valence electrons. The van der Waals surface area contributed by atoms with Gasteiger partial charge in [0.15, 0.2) is 0 Å². The number of likely N-dealkylation sites (tertiary alicyclic amines) is 1. The normalized spacial score (nSPS) is 39.2. The van der Waals surface area contributed by atoms with E-state index < -0.39 is 0 Å². The van der Waals surface area contributed by atoms with Gasteiger partial charge in [-0.15, -0.1) is 0 Å². The van der Waals surface area contributed by atoms with Gasteiger partial charge in [-0.2, -0.15) is 0 Å². The van der Waals surface area contributed by atoms with Crippen molar-refractivity contribution < 1.29 is 5.11 Å². The molecular weight excluding hydrogens is 186 g/mol. The zero-order valence-corrected chi connectivity index (χ0v) is 10.0. The van der Waals surface area contributed by atoms with E-state index in [0.29, 0.717) is 6.61 Å². The first-order valence-corrected chi connectivity index (χ1v) is 6.63. The summed E-state index contributed by atoms with van der Waals surface area (Å²) in [5.41, 5.74) is 0.151. The van der Waals surface area contributed by atoms with Crippen molar-refractivity contribution in [1.29, 1.82) is 0 Å². The number of piperidine rings is 1. The van der Waals surface area contributed by atoms with Crippen molar-refractivity contribution in [2.45, 2.75) is 57.4 Å². The maximum absolute atomic E-state index is 9.77. The zero-order chi connectivity index (χ0) is 10.7. The molecule has 2 unspecified atom stereocenters. The lowest BCUT2D eigenvalue weighted by Gasteiger charge is -2.48. The van der Waals surface area contributed by atoms with E-state index in [-0.39, 0.29) is 5.54 Å². The molecular formula is C13H25NO. The number of aliphatic hydroxyl groups is 1. The van der Waals surface area contributed by atoms with Gasteiger partial charge in [-0.1, -0.05) is 26.2 Å². The van der Waals surface area contributed by atoms with Crippen molar-refractivity contribution >= 4 is 0 Å². The highest BCUT2D eigenvalue weighted by atomic mass is 16.3. The van der Waals surface area contributed by atoms with Crippen molar-refractivity contribution in [3.05, 3.63) is 0 Å². The fourth-order valence-corrected chi connectivity index (χ4v) is 3.53. The summed E-state index contributed by atoms with van der Waals surface area (Å²) in [6, 6.07) is 0. The van der Waals surface area contributed by atoms with Gasteiger partial charge in [-0.05, 0) is 44.7 Å². The van der Waals surface area contributed by atoms with Crippen LogP contribution in [-0.4, -0.2) is 35.2 Å². The van der Waals surface area contributed by atoms with E-state index in [2.05, 4.69) is 11.8 Å². The molecule has 2 rings (SSSR count). The third-order valence-electron chi connectivity index (χ3n) is 4.39. The molecule has 2 atom stereocenters. The number of nitrogens with zero attached hydrogens (tertiary/aromatic N) is 1. The highest BCUT2D eigenvalue weighted by Crippen LogP contribution is 2.37. The molecule has 0 amide bonds. The van der Waals surface area contributed by atoms with Crippen LogP contribution in [0.2, 0.25) is 0 Å². The molecule has 1 N–H and O–H groups in total. The SMILES string of the molecule is CC1CCCC(CO)(N2CCCCC2)C1. The van der Waals surface area contributed by atoms with E-state index >= 15 is 0 Å². The van der Waals surface area contributed by atoms with E-state index in [1.54, 1.807) is 0 Å². The lowest BCUT2D eigenvalue weighted by Crippen LogP contribution is -2.55. The summed E-state index contributed by atoms with van der Waals surface area (Å²) in [5, 5.41) is 9.77. The van der Waals surface area contributed by atoms with Gasteiger partial charge in [0.1, 0.15) is 0 Å². The first-order chi connectivity index (χ1) is 7.27. The summed E-state index contributed by atoms with van der Waals surface area (Å²) in [4.78, 5) is 2.59. The van der Waals surface area contributed by atoms with Crippen LogP contribution in [-0.2, 0) is 0 Å². The van der Waals surface area contributed by atoms with Crippen LogP contribution >= 0.6 is 0 Å². The second-order valence-electron chi connectivity index (χ2n) is 5.63. The van der Waals surface area contributed by atoms with Crippen molar-refractivity contribution in [3.63, 3.8) is 0 Å². The molecule has 1 saturated heterocycles. The lowest BCUT2D eigenvalue weighted by molar-refractivity contribution is -0.0229. The van der Waals surface area contributed by atoms with E-state index in [9.17, 15) is 5.11 Å². The molecule has 2 heteroatoms. The second kappa shape index (κ2) is 4.84. The Morgan fingerprint density at radius 1 is 1.20 bits per heavy atom. The molecule has 1 aliphatic heterocycles. The Labute approximate surface area is 93.7 Å². The minimum absolute atomic E-state index is 0.151. The lowest BCUT2D eigenvalue weighted by atomic mass is 9.75. The fourth-order valence-electron chi connectivity index (χ4n) is 3.53. The number of hydrogen-bond acceptors (Lipinski definition) is 2. The Morgan fingerprint density at radius 2 is 1.93 bits per heavy atom. The molecule has 2 aliphatic rings. The highest BCUT2D eigenvalue weighted by Gasteiger charge is 2.39. The van der Waals surface area contributed by atoms with Gasteiger partial charge in [-0.3, -0.25) is 4.90 Å². The molecule has 0 radical (unpaired) electrons. The predicted octanol–water partition coefficient (Wildman–Crippen LogP) is 2.41. The van der Waals surface area contributed by atoms with E-state index in [0.717, 1.165) is 5.92 Å². The van der Waals surface area contributed by atoms with Crippen molar-refractivity contribution in [1.82, 2.24) is 4.90 Å². The van der Waals surface area contributed by atoms with Crippen molar-refractivity contribution in [2.75, 3.05) is 19.7 Å². The topological polar surface area (TPSA) is 23.5 Å². The smallest absolute Gasteiger partial charge is 0.0615 e. The Morgan fingerprint density at radius 3 is 2.53 bits per heavy atom. The number of rotatable bonds is 2. The molecule has 0 spiro atoms. The third kappa shape index (κ3) is 2.36. The molecule has 1 heterocycles. The molecule has 1 aliphatic carbocycles. The maximum atomic E-state index is 9.77. The second-order valence-corrected chi connectivity index (χ2v) is 5.63. The summed E-state index contributed by atoms with van der Waals surface area (Å²) in [6.07, 6.45) is 9.13. The molecule has 0 aromatic heterocycles. The summed E-state index contributed by atoms with van der Waals surface area (Å²) >= 11 is 0. The van der Waals surface area contributed by atoms with Gasteiger partial charge >= 0.3 is 0 Å². The minimum Gasteiger partial charge on any atom is -0.394 e. The predicted molar refractivity (Wildman–Crippen MR) is 62.9 cm³/mol. The third-order valence-corrected chi connectivity index (χ3v) is 4.39. The fraction of sp³-hybridized carbons (Fsp3) is 1.00. The van der Waals surface area contributed by atoms with Gasteiger partial charge in [-0.25, -0.2) is 0 Å². The average molecular weight is 211 g/mol. The number of aliphatic hydroxyl groups excluding tert-OH is 1. The minimum atomic E-state index is 0.151. The summed E-state index contributed by atoms with van der Waals surface area (Å²) in [5.74, 6) is 0.799. The Hall–Kier alpha value is -0.0800. The van der Waals surface area contributed by atoms with Crippen LogP contribution in [0.4, 0.5) is 0 Å². The highest BCUT2D eigenvalue weighted by molar-refractivity contribution is 4.95. The largest absolute Gasteiger partial charge is 0.394 e. The average Bonchev–Trinajstić information content (AvgIpc) is 2.30. The summed E-state index contributed by atoms with van der Waals surface area (Å²) < 4.78 is 0. The van der Waals surface area contributed by atoms with Crippen LogP contribution in [0.1, 0.15) is 51.9 Å². The van der Waals surface area contributed by atoms with Crippen LogP contribution in [0.25, 0.3) is 0 Å². The monoisotopic (exact) mass is 211 g/mol. The van der Waals surface area contributed by atoms with Crippen LogP contribution in [0, 0.1) is 5.92 Å². The standard InChI is InChI=1S/C13H25NO/c1-12-6-5-7-13(10-12,11-15)14-8-3-2-4-9-14/h12,15H,2-11H2,1H3. The van der Waals surface area contributed by atoms with Gasteiger partial charge in [0.05, 0.1) is 6.61 Å². The van der Waals surface area contributed by atoms with E-state index in [1.807, 2.05) is 0 Å². The van der Waals surface area contributed by atoms with E-state index in [1.165, 1.54) is 58.0 Å². The molecule has 2 nitrogen and oxygen atoms in total. The Balaban J connectivity index is 2.04. The summed E-state index contributed by atoms with van der Waals surface area (Å²) in [7, 11) is 0. The van der Waals surface area contributed by atoms with Crippen molar-refractivity contribution in [3.8, 4) is 0 Å². The first kappa shape index (κ1) is 11.4. The molecule has 15 heavy (non-hydrogen) atoms. The van der Waals surface area contributed by atoms with Crippen LogP contribution in [0.15, 0.2) is 0 Å². The van der Waals surface area contributed by atoms with Crippen LogP contribution in [0.3, 0.4) is 0 Å². The van der Waals surface area contributed by atoms with Gasteiger partial charge < -0.3 is 5.11 Å². The van der Waals surface area contributed by atoms with Crippen LogP contribution < -0.4 is 0 Å². The summed E-state index contributed by atoms with van der Waals surface area (Å²) in [6.45, 7) is 5.14. The quantitative estimate of drug-likeness (QED) is 0.758. The van der Waals surface area contributed by atoms with Gasteiger partial charge in [0.25, 0.3) is 0 Å². The molecule has 2 fully saturated rings. The van der Waals surface area contributed by atoms with Crippen LogP contribution in [0.5, 0.6) is 0 Å². The molecule has 1 saturated carbocycles. The molecule has 0 bridgehead atoms. The molecule has 0 aromatic rings. The van der Waals surface area contributed by atoms with E-state index in [4.69, 9.17) is 0 Å².